The van der Waals surface area contributed by atoms with Gasteiger partial charge in [0, 0.05) is 5.56 Å². The highest BCUT2D eigenvalue weighted by Gasteiger charge is 2.13. The van der Waals surface area contributed by atoms with E-state index in [0.29, 0.717) is 22.8 Å². The second-order valence-corrected chi connectivity index (χ2v) is 4.72. The van der Waals surface area contributed by atoms with Crippen molar-refractivity contribution in [1.29, 1.82) is 0 Å². The van der Waals surface area contributed by atoms with Crippen molar-refractivity contribution in [3.63, 3.8) is 0 Å². The Balaban J connectivity index is 2.09. The number of carbonyl (C=O) groups excluding carboxylic acids is 1. The fourth-order valence-corrected chi connectivity index (χ4v) is 1.94. The summed E-state index contributed by atoms with van der Waals surface area (Å²) >= 11 is 0. The molecule has 0 aliphatic carbocycles. The molecule has 0 aromatic heterocycles. The van der Waals surface area contributed by atoms with Gasteiger partial charge in [-0.15, -0.1) is 0 Å². The summed E-state index contributed by atoms with van der Waals surface area (Å²) in [6.07, 6.45) is 0. The number of methoxy groups -OCH3 is 1. The Hall–Kier alpha value is -2.99. The van der Waals surface area contributed by atoms with Crippen molar-refractivity contribution in [3.8, 4) is 17.2 Å². The van der Waals surface area contributed by atoms with E-state index in [1.165, 1.54) is 7.11 Å². The Bertz CT molecular complexity index is 714. The summed E-state index contributed by atoms with van der Waals surface area (Å²) in [4.78, 5) is 16.5. The summed E-state index contributed by atoms with van der Waals surface area (Å²) in [7, 11) is 2.96. The first-order valence-electron chi connectivity index (χ1n) is 7.19. The molecule has 6 heteroatoms. The van der Waals surface area contributed by atoms with Crippen molar-refractivity contribution in [2.24, 2.45) is 0 Å². The number of para-hydroxylation sites is 3. The Morgan fingerprint density at radius 1 is 1.00 bits per heavy atom. The van der Waals surface area contributed by atoms with E-state index in [0.717, 1.165) is 0 Å². The Morgan fingerprint density at radius 2 is 1.62 bits per heavy atom. The molecular weight excluding hydrogens is 310 g/mol. The number of ether oxygens (including phenoxy) is 3. The van der Waals surface area contributed by atoms with Gasteiger partial charge in [0.2, 0.25) is 0 Å². The van der Waals surface area contributed by atoms with Gasteiger partial charge in [-0.1, -0.05) is 36.9 Å². The molecule has 2 aromatic carbocycles. The Labute approximate surface area is 140 Å². The second-order valence-electron chi connectivity index (χ2n) is 4.72. The van der Waals surface area contributed by atoms with E-state index in [1.807, 2.05) is 30.3 Å². The van der Waals surface area contributed by atoms with Gasteiger partial charge in [-0.2, -0.15) is 0 Å². The highest BCUT2D eigenvalue weighted by Crippen LogP contribution is 2.28. The van der Waals surface area contributed by atoms with Crippen molar-refractivity contribution in [2.45, 2.75) is 6.61 Å². The molecular formula is C18H19NO5. The van der Waals surface area contributed by atoms with E-state index in [2.05, 4.69) is 16.9 Å². The van der Waals surface area contributed by atoms with Gasteiger partial charge >= 0.3 is 5.97 Å². The van der Waals surface area contributed by atoms with Gasteiger partial charge in [0.05, 0.1) is 14.2 Å². The minimum Gasteiger partial charge on any atom is -0.493 e. The summed E-state index contributed by atoms with van der Waals surface area (Å²) in [5, 5.41) is 0. The number of nitrogens with one attached hydrogen (secondary N) is 1. The summed E-state index contributed by atoms with van der Waals surface area (Å²) in [5.74, 6) is 0.981. The van der Waals surface area contributed by atoms with E-state index in [9.17, 15) is 4.79 Å². The molecule has 24 heavy (non-hydrogen) atoms. The smallest absolute Gasteiger partial charge is 0.361 e. The maximum absolute atomic E-state index is 11.9. The van der Waals surface area contributed by atoms with Crippen molar-refractivity contribution >= 4 is 5.97 Å². The summed E-state index contributed by atoms with van der Waals surface area (Å²) in [6, 6.07) is 14.4. The monoisotopic (exact) mass is 329 g/mol. The first-order chi connectivity index (χ1) is 11.7. The lowest BCUT2D eigenvalue weighted by molar-refractivity contribution is -0.131. The number of benzene rings is 2. The molecule has 0 amide bonds. The van der Waals surface area contributed by atoms with Crippen LogP contribution in [0.5, 0.6) is 17.2 Å². The molecule has 0 saturated carbocycles. The predicted octanol–water partition coefficient (Wildman–Crippen LogP) is 2.84. The zero-order valence-electron chi connectivity index (χ0n) is 13.6. The largest absolute Gasteiger partial charge is 0.493 e. The van der Waals surface area contributed by atoms with Crippen molar-refractivity contribution in [1.82, 2.24) is 5.48 Å². The van der Waals surface area contributed by atoms with Crippen LogP contribution in [0.3, 0.4) is 0 Å². The van der Waals surface area contributed by atoms with E-state index in [4.69, 9.17) is 14.2 Å². The lowest BCUT2D eigenvalue weighted by Gasteiger charge is -2.13. The number of carbonyl (C=O) groups is 1. The van der Waals surface area contributed by atoms with Crippen molar-refractivity contribution < 1.29 is 23.8 Å². The standard InChI is InChI=1S/C18H19NO5/c1-13(19-22-3)18(20)24-15-9-5-4-8-14(15)12-23-17-11-7-6-10-16(17)21-2/h4-11,19H,1,12H2,2-3H3. The second kappa shape index (κ2) is 8.59. The van der Waals surface area contributed by atoms with Gasteiger partial charge in [-0.05, 0) is 18.2 Å². The van der Waals surface area contributed by atoms with Crippen LogP contribution >= 0.6 is 0 Å². The molecule has 0 aliphatic rings. The maximum atomic E-state index is 11.9. The van der Waals surface area contributed by atoms with E-state index < -0.39 is 5.97 Å². The molecule has 0 radical (unpaired) electrons. The average Bonchev–Trinajstić information content (AvgIpc) is 2.61. The third-order valence-electron chi connectivity index (χ3n) is 3.10. The van der Waals surface area contributed by atoms with Gasteiger partial charge < -0.3 is 14.2 Å². The number of hydroxylamine groups is 1. The van der Waals surface area contributed by atoms with Crippen LogP contribution in [0.2, 0.25) is 0 Å². The molecule has 2 aromatic rings. The molecule has 0 fully saturated rings. The Morgan fingerprint density at radius 3 is 2.29 bits per heavy atom. The lowest BCUT2D eigenvalue weighted by Crippen LogP contribution is -2.22. The third-order valence-corrected chi connectivity index (χ3v) is 3.10. The lowest BCUT2D eigenvalue weighted by atomic mass is 10.2. The number of hydrogen-bond acceptors (Lipinski definition) is 6. The molecule has 1 N–H and O–H groups in total. The number of rotatable bonds is 8. The van der Waals surface area contributed by atoms with Crippen LogP contribution in [0.1, 0.15) is 5.56 Å². The van der Waals surface area contributed by atoms with Gasteiger partial charge in [0.25, 0.3) is 0 Å². The highest BCUT2D eigenvalue weighted by molar-refractivity contribution is 5.88. The highest BCUT2D eigenvalue weighted by atomic mass is 16.6. The molecule has 0 unspecified atom stereocenters. The van der Waals surface area contributed by atoms with Crippen LogP contribution in [-0.4, -0.2) is 20.2 Å². The van der Waals surface area contributed by atoms with E-state index >= 15 is 0 Å². The van der Waals surface area contributed by atoms with Crippen molar-refractivity contribution in [3.05, 3.63) is 66.4 Å². The first-order valence-corrected chi connectivity index (χ1v) is 7.19. The van der Waals surface area contributed by atoms with Crippen LogP contribution in [0.4, 0.5) is 0 Å². The van der Waals surface area contributed by atoms with Gasteiger partial charge in [-0.3, -0.25) is 10.3 Å². The SMILES string of the molecule is C=C(NOC)C(=O)Oc1ccccc1COc1ccccc1OC. The molecule has 0 spiro atoms. The van der Waals surface area contributed by atoms with E-state index in [1.54, 1.807) is 25.3 Å². The molecule has 2 rings (SSSR count). The summed E-state index contributed by atoms with van der Waals surface area (Å²) in [6.45, 7) is 3.74. The van der Waals surface area contributed by atoms with Crippen LogP contribution in [0, 0.1) is 0 Å². The number of esters is 1. The fraction of sp³-hybridized carbons (Fsp3) is 0.167. The normalized spacial score (nSPS) is 9.92. The van der Waals surface area contributed by atoms with Gasteiger partial charge in [-0.25, -0.2) is 4.79 Å². The van der Waals surface area contributed by atoms with Gasteiger partial charge in [0.15, 0.2) is 11.5 Å². The molecule has 0 heterocycles. The van der Waals surface area contributed by atoms with Gasteiger partial charge in [0.1, 0.15) is 18.1 Å². The fourth-order valence-electron chi connectivity index (χ4n) is 1.94. The molecule has 0 atom stereocenters. The third kappa shape index (κ3) is 4.50. The first kappa shape index (κ1) is 17.4. The number of hydrogen-bond donors (Lipinski definition) is 1. The summed E-state index contributed by atoms with van der Waals surface area (Å²) < 4.78 is 16.3. The van der Waals surface area contributed by atoms with E-state index in [-0.39, 0.29) is 12.3 Å². The zero-order chi connectivity index (χ0) is 17.4. The van der Waals surface area contributed by atoms with Crippen LogP contribution < -0.4 is 19.7 Å². The predicted molar refractivity (Wildman–Crippen MR) is 88.7 cm³/mol. The van der Waals surface area contributed by atoms with Crippen molar-refractivity contribution in [2.75, 3.05) is 14.2 Å². The minimum atomic E-state index is -0.637. The summed E-state index contributed by atoms with van der Waals surface area (Å²) in [5.41, 5.74) is 3.05. The van der Waals surface area contributed by atoms with Crippen LogP contribution in [0.25, 0.3) is 0 Å². The molecule has 126 valence electrons. The topological polar surface area (TPSA) is 66.0 Å². The maximum Gasteiger partial charge on any atom is 0.361 e. The molecule has 0 aliphatic heterocycles. The molecule has 0 saturated heterocycles. The average molecular weight is 329 g/mol. The molecule has 0 bridgehead atoms. The molecule has 6 nitrogen and oxygen atoms in total. The Kier molecular flexibility index (Phi) is 6.22. The van der Waals surface area contributed by atoms with Crippen LogP contribution in [-0.2, 0) is 16.2 Å². The quantitative estimate of drug-likeness (QED) is 0.348. The minimum absolute atomic E-state index is 0.00190. The van der Waals surface area contributed by atoms with Crippen LogP contribution in [0.15, 0.2) is 60.8 Å². The zero-order valence-corrected chi connectivity index (χ0v) is 13.6.